The number of nitrogens with one attached hydrogen (secondary N) is 2. The minimum absolute atomic E-state index is 0.000360. The molecule has 2 N–H and O–H groups in total. The number of thioether (sulfide) groups is 1. The summed E-state index contributed by atoms with van der Waals surface area (Å²) in [7, 11) is 3.50. The van der Waals surface area contributed by atoms with E-state index in [1.54, 1.807) is 30.8 Å². The van der Waals surface area contributed by atoms with Crippen LogP contribution >= 0.6 is 11.8 Å². The first-order valence-electron chi connectivity index (χ1n) is 9.18. The molecule has 0 saturated heterocycles. The Hall–Kier alpha value is -0.950. The van der Waals surface area contributed by atoms with Gasteiger partial charge < -0.3 is 20.3 Å². The molecule has 0 aliphatic heterocycles. The van der Waals surface area contributed by atoms with Gasteiger partial charge in [-0.25, -0.2) is 4.99 Å². The van der Waals surface area contributed by atoms with Crippen molar-refractivity contribution in [1.82, 2.24) is 15.5 Å². The number of ether oxygens (including phenoxy) is 1. The van der Waals surface area contributed by atoms with E-state index in [1.165, 1.54) is 0 Å². The molecule has 0 bridgehead atoms. The lowest BCUT2D eigenvalue weighted by molar-refractivity contribution is -0.127. The number of likely N-dealkylation sites (N-methyl/N-ethyl adjacent to an activating group) is 1. The number of hydrogen-bond acceptors (Lipinski definition) is 4. The van der Waals surface area contributed by atoms with Crippen molar-refractivity contribution >= 4 is 23.6 Å². The molecule has 0 aromatic carbocycles. The Morgan fingerprint density at radius 3 is 2.68 bits per heavy atom. The van der Waals surface area contributed by atoms with Crippen LogP contribution in [0.15, 0.2) is 4.99 Å². The summed E-state index contributed by atoms with van der Waals surface area (Å²) in [5.74, 6) is 1.72. The fourth-order valence-corrected chi connectivity index (χ4v) is 2.97. The van der Waals surface area contributed by atoms with Gasteiger partial charge in [0.05, 0.1) is 6.10 Å². The van der Waals surface area contributed by atoms with Crippen LogP contribution in [0.1, 0.15) is 40.0 Å². The molecule has 7 heteroatoms. The normalized spacial score (nSPS) is 22.2. The predicted molar refractivity (Wildman–Crippen MR) is 107 cm³/mol. The lowest BCUT2D eigenvalue weighted by Gasteiger charge is -2.52. The van der Waals surface area contributed by atoms with Crippen LogP contribution in [0, 0.1) is 5.41 Å². The Morgan fingerprint density at radius 2 is 2.12 bits per heavy atom. The minimum Gasteiger partial charge on any atom is -0.378 e. The van der Waals surface area contributed by atoms with Gasteiger partial charge in [-0.15, -0.1) is 0 Å². The molecule has 1 amide bonds. The second-order valence-corrected chi connectivity index (χ2v) is 8.33. The van der Waals surface area contributed by atoms with Crippen LogP contribution < -0.4 is 10.6 Å². The fraction of sp³-hybridized carbons (Fsp3) is 0.889. The Morgan fingerprint density at radius 1 is 1.40 bits per heavy atom. The third-order valence-corrected chi connectivity index (χ3v) is 5.39. The summed E-state index contributed by atoms with van der Waals surface area (Å²) in [4.78, 5) is 17.8. The molecule has 6 nitrogen and oxygen atoms in total. The van der Waals surface area contributed by atoms with Crippen molar-refractivity contribution < 1.29 is 9.53 Å². The van der Waals surface area contributed by atoms with E-state index in [0.29, 0.717) is 12.0 Å². The van der Waals surface area contributed by atoms with E-state index in [1.807, 2.05) is 0 Å². The van der Waals surface area contributed by atoms with Gasteiger partial charge >= 0.3 is 0 Å². The van der Waals surface area contributed by atoms with E-state index in [-0.39, 0.29) is 24.0 Å². The van der Waals surface area contributed by atoms with Gasteiger partial charge in [0.25, 0.3) is 0 Å². The van der Waals surface area contributed by atoms with Crippen molar-refractivity contribution in [3.63, 3.8) is 0 Å². The molecule has 0 radical (unpaired) electrons. The van der Waals surface area contributed by atoms with Crippen molar-refractivity contribution in [2.24, 2.45) is 10.4 Å². The zero-order valence-corrected chi connectivity index (χ0v) is 17.5. The van der Waals surface area contributed by atoms with E-state index >= 15 is 0 Å². The molecule has 2 atom stereocenters. The van der Waals surface area contributed by atoms with Gasteiger partial charge in [-0.3, -0.25) is 4.79 Å². The average molecular weight is 373 g/mol. The van der Waals surface area contributed by atoms with Gasteiger partial charge in [0.15, 0.2) is 5.96 Å². The summed E-state index contributed by atoms with van der Waals surface area (Å²) in [5, 5.41) is 6.82. The molecular formula is C18H36N4O2S. The smallest absolute Gasteiger partial charge is 0.243 e. The van der Waals surface area contributed by atoms with Crippen LogP contribution in [0.25, 0.3) is 0 Å². The predicted octanol–water partition coefficient (Wildman–Crippen LogP) is 1.96. The molecule has 2 unspecified atom stereocenters. The molecule has 1 fully saturated rings. The zero-order chi connectivity index (χ0) is 18.9. The first-order chi connectivity index (χ1) is 11.8. The zero-order valence-electron chi connectivity index (χ0n) is 16.7. The van der Waals surface area contributed by atoms with Crippen molar-refractivity contribution in [3.8, 4) is 0 Å². The number of carbonyl (C=O) groups is 1. The summed E-state index contributed by atoms with van der Waals surface area (Å²) >= 11 is 1.78. The van der Waals surface area contributed by atoms with Crippen LogP contribution in [-0.2, 0) is 9.53 Å². The maximum atomic E-state index is 11.8. The van der Waals surface area contributed by atoms with Gasteiger partial charge in [-0.1, -0.05) is 27.2 Å². The number of aliphatic imine (C=N–C) groups is 1. The van der Waals surface area contributed by atoms with Gasteiger partial charge in [-0.05, 0) is 19.1 Å². The molecular weight excluding hydrogens is 336 g/mol. The maximum absolute atomic E-state index is 11.8. The highest BCUT2D eigenvalue weighted by molar-refractivity contribution is 7.98. The van der Waals surface area contributed by atoms with Gasteiger partial charge in [0, 0.05) is 44.5 Å². The molecule has 0 aromatic heterocycles. The largest absolute Gasteiger partial charge is 0.378 e. The molecule has 25 heavy (non-hydrogen) atoms. The summed E-state index contributed by atoms with van der Waals surface area (Å²) in [6.07, 6.45) is 5.61. The Labute approximate surface area is 157 Å². The van der Waals surface area contributed by atoms with E-state index < -0.39 is 0 Å². The van der Waals surface area contributed by atoms with E-state index in [9.17, 15) is 4.79 Å². The molecule has 0 heterocycles. The molecule has 1 rings (SSSR count). The number of hydrogen-bond donors (Lipinski definition) is 2. The molecule has 1 aliphatic rings. The number of unbranched alkanes of at least 4 members (excludes halogenated alkanes) is 1. The third kappa shape index (κ3) is 7.05. The Balaban J connectivity index is 2.58. The molecule has 1 aliphatic carbocycles. The highest BCUT2D eigenvalue weighted by atomic mass is 32.2. The summed E-state index contributed by atoms with van der Waals surface area (Å²) in [6.45, 7) is 8.46. The van der Waals surface area contributed by atoms with Crippen molar-refractivity contribution in [1.29, 1.82) is 0 Å². The van der Waals surface area contributed by atoms with Gasteiger partial charge in [0.1, 0.15) is 6.54 Å². The van der Waals surface area contributed by atoms with Crippen molar-refractivity contribution in [2.75, 3.05) is 45.8 Å². The third-order valence-electron chi connectivity index (χ3n) is 4.78. The average Bonchev–Trinajstić information content (AvgIpc) is 2.57. The van der Waals surface area contributed by atoms with Gasteiger partial charge in [-0.2, -0.15) is 11.8 Å². The lowest BCUT2D eigenvalue weighted by Crippen LogP contribution is -2.63. The van der Waals surface area contributed by atoms with Crippen LogP contribution in [0.5, 0.6) is 0 Å². The number of nitrogens with zero attached hydrogens (tertiary/aromatic N) is 2. The summed E-state index contributed by atoms with van der Waals surface area (Å²) in [6, 6.07) is 0.300. The van der Waals surface area contributed by atoms with Crippen LogP contribution in [0.2, 0.25) is 0 Å². The number of amides is 1. The molecule has 146 valence electrons. The monoisotopic (exact) mass is 372 g/mol. The summed E-state index contributed by atoms with van der Waals surface area (Å²) in [5.41, 5.74) is 0.0568. The standard InChI is InChI=1S/C18H36N4O2S/c1-7-8-10-24-15-12-14(18(15,2)3)21-17(19-9-11-25-6)20-13-16(23)22(4)5/h14-15H,7-13H2,1-6H3,(H2,19,20,21). The number of carbonyl (C=O) groups excluding carboxylic acids is 1. The van der Waals surface area contributed by atoms with Crippen LogP contribution in [-0.4, -0.2) is 74.7 Å². The quantitative estimate of drug-likeness (QED) is 0.349. The van der Waals surface area contributed by atoms with Gasteiger partial charge in [0.2, 0.25) is 5.91 Å². The van der Waals surface area contributed by atoms with E-state index in [4.69, 9.17) is 4.74 Å². The second kappa shape index (κ2) is 10.9. The summed E-state index contributed by atoms with van der Waals surface area (Å²) < 4.78 is 6.01. The fourth-order valence-electron chi connectivity index (χ4n) is 2.66. The number of rotatable bonds is 10. The van der Waals surface area contributed by atoms with Crippen molar-refractivity contribution in [2.45, 2.75) is 52.2 Å². The lowest BCUT2D eigenvalue weighted by atomic mass is 9.64. The van der Waals surface area contributed by atoms with Crippen LogP contribution in [0.3, 0.4) is 0 Å². The topological polar surface area (TPSA) is 66.0 Å². The highest BCUT2D eigenvalue weighted by Gasteiger charge is 2.49. The first kappa shape index (κ1) is 22.1. The van der Waals surface area contributed by atoms with Crippen LogP contribution in [0.4, 0.5) is 0 Å². The number of guanidine groups is 1. The van der Waals surface area contributed by atoms with Crippen molar-refractivity contribution in [3.05, 3.63) is 0 Å². The first-order valence-corrected chi connectivity index (χ1v) is 10.6. The Kier molecular flexibility index (Phi) is 9.64. The maximum Gasteiger partial charge on any atom is 0.243 e. The minimum atomic E-state index is -0.000360. The van der Waals surface area contributed by atoms with E-state index in [2.05, 4.69) is 42.7 Å². The molecule has 0 aromatic rings. The molecule has 1 saturated carbocycles. The second-order valence-electron chi connectivity index (χ2n) is 7.34. The molecule has 0 spiro atoms. The highest BCUT2D eigenvalue weighted by Crippen LogP contribution is 2.42. The Bertz CT molecular complexity index is 441. The SMILES string of the molecule is CCCCOC1CC(NC(=NCC(=O)N(C)C)NCCSC)C1(C)C. The van der Waals surface area contributed by atoms with E-state index in [0.717, 1.165) is 38.2 Å².